The molecule has 0 aliphatic rings. The number of aromatic nitrogens is 3. The van der Waals surface area contributed by atoms with Crippen molar-refractivity contribution in [3.63, 3.8) is 0 Å². The van der Waals surface area contributed by atoms with Crippen LogP contribution >= 0.6 is 0 Å². The smallest absolute Gasteiger partial charge is 0.103 e. The minimum absolute atomic E-state index is 0.544. The summed E-state index contributed by atoms with van der Waals surface area (Å²) in [6.07, 6.45) is 5.17. The summed E-state index contributed by atoms with van der Waals surface area (Å²) >= 11 is 0. The Morgan fingerprint density at radius 3 is 2.95 bits per heavy atom. The van der Waals surface area contributed by atoms with Crippen molar-refractivity contribution >= 4 is 16.6 Å². The van der Waals surface area contributed by atoms with Crippen molar-refractivity contribution in [2.24, 2.45) is 0 Å². The number of benzene rings is 1. The van der Waals surface area contributed by atoms with Crippen LogP contribution in [-0.2, 0) is 6.54 Å². The van der Waals surface area contributed by atoms with Crippen molar-refractivity contribution in [1.29, 1.82) is 5.26 Å². The highest BCUT2D eigenvalue weighted by atomic mass is 15.1. The molecule has 0 amide bonds. The molecule has 5 nitrogen and oxygen atoms in total. The second-order valence-electron chi connectivity index (χ2n) is 4.14. The molecule has 3 aromatic rings. The van der Waals surface area contributed by atoms with Crippen LogP contribution in [0.2, 0.25) is 0 Å². The van der Waals surface area contributed by atoms with Crippen molar-refractivity contribution in [3.8, 4) is 6.07 Å². The zero-order chi connectivity index (χ0) is 13.1. The van der Waals surface area contributed by atoms with E-state index in [0.29, 0.717) is 12.1 Å². The van der Waals surface area contributed by atoms with Gasteiger partial charge in [-0.3, -0.25) is 10.1 Å². The van der Waals surface area contributed by atoms with E-state index in [1.165, 1.54) is 0 Å². The molecule has 0 saturated heterocycles. The van der Waals surface area contributed by atoms with Crippen LogP contribution in [0.1, 0.15) is 11.1 Å². The first-order valence-electron chi connectivity index (χ1n) is 5.88. The van der Waals surface area contributed by atoms with Crippen molar-refractivity contribution in [1.82, 2.24) is 15.2 Å². The van der Waals surface area contributed by atoms with Crippen LogP contribution in [0, 0.1) is 11.3 Å². The van der Waals surface area contributed by atoms with Gasteiger partial charge in [0.15, 0.2) is 0 Å². The van der Waals surface area contributed by atoms with Gasteiger partial charge in [0.05, 0.1) is 23.0 Å². The van der Waals surface area contributed by atoms with Gasteiger partial charge in [-0.15, -0.1) is 0 Å². The summed E-state index contributed by atoms with van der Waals surface area (Å²) < 4.78 is 0. The monoisotopic (exact) mass is 249 g/mol. The topological polar surface area (TPSA) is 77.4 Å². The number of fused-ring (bicyclic) bond motifs is 1. The van der Waals surface area contributed by atoms with E-state index >= 15 is 0 Å². The lowest BCUT2D eigenvalue weighted by molar-refractivity contribution is 1.09. The van der Waals surface area contributed by atoms with Gasteiger partial charge in [-0.25, -0.2) is 0 Å². The predicted molar refractivity (Wildman–Crippen MR) is 72.4 cm³/mol. The molecule has 0 unspecified atom stereocenters. The Labute approximate surface area is 109 Å². The summed E-state index contributed by atoms with van der Waals surface area (Å²) in [5, 5.41) is 20.1. The van der Waals surface area contributed by atoms with Crippen molar-refractivity contribution in [2.45, 2.75) is 6.54 Å². The Morgan fingerprint density at radius 2 is 2.16 bits per heavy atom. The van der Waals surface area contributed by atoms with E-state index in [-0.39, 0.29) is 0 Å². The molecule has 0 atom stereocenters. The average molecular weight is 249 g/mol. The van der Waals surface area contributed by atoms with E-state index in [2.05, 4.69) is 26.6 Å². The minimum atomic E-state index is 0.544. The fourth-order valence-corrected chi connectivity index (χ4v) is 1.98. The quantitative estimate of drug-likeness (QED) is 0.747. The number of nitrogens with zero attached hydrogens (tertiary/aromatic N) is 3. The number of H-pyrrole nitrogens is 1. The van der Waals surface area contributed by atoms with Crippen molar-refractivity contribution in [2.75, 3.05) is 5.32 Å². The summed E-state index contributed by atoms with van der Waals surface area (Å²) in [5.74, 6) is 0. The number of hydrogen-bond donors (Lipinski definition) is 2. The number of rotatable bonds is 3. The van der Waals surface area contributed by atoms with Gasteiger partial charge in [-0.05, 0) is 6.07 Å². The Balaban J connectivity index is 2.02. The molecule has 3 rings (SSSR count). The third kappa shape index (κ3) is 2.11. The molecule has 0 spiro atoms. The van der Waals surface area contributed by atoms with Gasteiger partial charge in [0.2, 0.25) is 0 Å². The predicted octanol–water partition coefficient (Wildman–Crippen LogP) is 2.44. The zero-order valence-corrected chi connectivity index (χ0v) is 10.1. The number of aromatic amines is 1. The third-order valence-electron chi connectivity index (χ3n) is 2.92. The second kappa shape index (κ2) is 4.78. The summed E-state index contributed by atoms with van der Waals surface area (Å²) in [5.41, 5.74) is 3.26. The van der Waals surface area contributed by atoms with Crippen LogP contribution in [0.15, 0.2) is 42.9 Å². The number of hydrogen-bond acceptors (Lipinski definition) is 4. The molecule has 92 valence electrons. The van der Waals surface area contributed by atoms with Crippen LogP contribution in [-0.4, -0.2) is 15.2 Å². The summed E-state index contributed by atoms with van der Waals surface area (Å²) in [4.78, 5) is 4.28. The first kappa shape index (κ1) is 11.2. The van der Waals surface area contributed by atoms with E-state index in [9.17, 15) is 5.26 Å². The summed E-state index contributed by atoms with van der Waals surface area (Å²) in [6.45, 7) is 0.610. The van der Waals surface area contributed by atoms with Gasteiger partial charge >= 0.3 is 0 Å². The highest BCUT2D eigenvalue weighted by molar-refractivity contribution is 5.93. The van der Waals surface area contributed by atoms with Gasteiger partial charge < -0.3 is 5.32 Å². The van der Waals surface area contributed by atoms with Gasteiger partial charge in [0.25, 0.3) is 0 Å². The lowest BCUT2D eigenvalue weighted by Crippen LogP contribution is -2.02. The molecular weight excluding hydrogens is 238 g/mol. The largest absolute Gasteiger partial charge is 0.379 e. The van der Waals surface area contributed by atoms with Gasteiger partial charge in [0, 0.05) is 29.9 Å². The van der Waals surface area contributed by atoms with Crippen LogP contribution in [0.25, 0.3) is 10.9 Å². The fourth-order valence-electron chi connectivity index (χ4n) is 1.98. The summed E-state index contributed by atoms with van der Waals surface area (Å²) in [7, 11) is 0. The fraction of sp³-hybridized carbons (Fsp3) is 0.0714. The molecule has 0 saturated carbocycles. The van der Waals surface area contributed by atoms with Gasteiger partial charge in [-0.2, -0.15) is 10.4 Å². The highest BCUT2D eigenvalue weighted by Crippen LogP contribution is 2.25. The van der Waals surface area contributed by atoms with Crippen LogP contribution in [0.3, 0.4) is 0 Å². The van der Waals surface area contributed by atoms with Crippen LogP contribution < -0.4 is 5.32 Å². The molecule has 0 radical (unpaired) electrons. The van der Waals surface area contributed by atoms with E-state index in [0.717, 1.165) is 22.2 Å². The normalized spacial score (nSPS) is 10.3. The maximum absolute atomic E-state index is 9.19. The van der Waals surface area contributed by atoms with Crippen molar-refractivity contribution < 1.29 is 0 Å². The molecule has 2 N–H and O–H groups in total. The number of nitrogens with one attached hydrogen (secondary N) is 2. The van der Waals surface area contributed by atoms with E-state index in [1.807, 2.05) is 30.5 Å². The first-order chi connectivity index (χ1) is 9.38. The van der Waals surface area contributed by atoms with Crippen LogP contribution in [0.4, 0.5) is 5.69 Å². The zero-order valence-electron chi connectivity index (χ0n) is 10.1. The lowest BCUT2D eigenvalue weighted by atomic mass is 10.1. The Morgan fingerprint density at radius 1 is 1.26 bits per heavy atom. The molecule has 1 aromatic carbocycles. The molecule has 5 heteroatoms. The number of nitriles is 1. The molecule has 19 heavy (non-hydrogen) atoms. The van der Waals surface area contributed by atoms with Crippen molar-refractivity contribution in [3.05, 3.63) is 54.0 Å². The van der Waals surface area contributed by atoms with Crippen LogP contribution in [0.5, 0.6) is 0 Å². The number of anilines is 1. The average Bonchev–Trinajstić information content (AvgIpc) is 2.97. The summed E-state index contributed by atoms with van der Waals surface area (Å²) in [6, 6.07) is 9.93. The molecule has 2 aromatic heterocycles. The van der Waals surface area contributed by atoms with E-state index in [4.69, 9.17) is 0 Å². The molecule has 0 fully saturated rings. The highest BCUT2D eigenvalue weighted by Gasteiger charge is 2.08. The minimum Gasteiger partial charge on any atom is -0.379 e. The number of pyridine rings is 1. The van der Waals surface area contributed by atoms with E-state index in [1.54, 1.807) is 12.4 Å². The molecule has 0 aliphatic heterocycles. The standard InChI is InChI=1S/C14H11N5/c15-5-11-9-16-13-4-2-1-3-12(13)14(11)17-6-10-7-18-19-8-10/h1-4,7-9H,6H2,(H,16,17)(H,18,19). The molecule has 0 aliphatic carbocycles. The maximum atomic E-state index is 9.19. The molecule has 2 heterocycles. The first-order valence-corrected chi connectivity index (χ1v) is 5.88. The maximum Gasteiger partial charge on any atom is 0.103 e. The lowest BCUT2D eigenvalue weighted by Gasteiger charge is -2.10. The third-order valence-corrected chi connectivity index (χ3v) is 2.92. The Kier molecular flexibility index (Phi) is 2.83. The number of para-hydroxylation sites is 1. The van der Waals surface area contributed by atoms with Gasteiger partial charge in [-0.1, -0.05) is 18.2 Å². The molecule has 0 bridgehead atoms. The molecular formula is C14H11N5. The second-order valence-corrected chi connectivity index (χ2v) is 4.14. The SMILES string of the molecule is N#Cc1cnc2ccccc2c1NCc1cn[nH]c1. The Bertz CT molecular complexity index is 740. The van der Waals surface area contributed by atoms with E-state index < -0.39 is 0 Å². The van der Waals surface area contributed by atoms with Gasteiger partial charge in [0.1, 0.15) is 6.07 Å². The Hall–Kier alpha value is -2.87.